The number of hydrogen-bond acceptors (Lipinski definition) is 6. The SMILES string of the molecule is CCCOc1cc(NC(C)CS(C)(=O)=O)ccc1[N+](=O)[O-]. The van der Waals surface area contributed by atoms with Gasteiger partial charge in [-0.2, -0.15) is 0 Å². The Bertz CT molecular complexity index is 601. The summed E-state index contributed by atoms with van der Waals surface area (Å²) < 4.78 is 27.8. The van der Waals surface area contributed by atoms with Gasteiger partial charge in [0.15, 0.2) is 5.75 Å². The standard InChI is InChI=1S/C13H20N2O5S/c1-4-7-20-13-8-11(5-6-12(13)15(16)17)14-10(2)9-21(3,18)19/h5-6,8,10,14H,4,7,9H2,1-3H3. The van der Waals surface area contributed by atoms with Crippen LogP contribution in [-0.2, 0) is 9.84 Å². The summed E-state index contributed by atoms with van der Waals surface area (Å²) in [6.45, 7) is 4.01. The van der Waals surface area contributed by atoms with E-state index in [4.69, 9.17) is 4.74 Å². The summed E-state index contributed by atoms with van der Waals surface area (Å²) >= 11 is 0. The maximum absolute atomic E-state index is 11.2. The number of nitro groups is 1. The number of sulfone groups is 1. The highest BCUT2D eigenvalue weighted by Gasteiger charge is 2.17. The maximum atomic E-state index is 11.2. The summed E-state index contributed by atoms with van der Waals surface area (Å²) in [7, 11) is -3.09. The Morgan fingerprint density at radius 1 is 1.43 bits per heavy atom. The fourth-order valence-electron chi connectivity index (χ4n) is 1.86. The van der Waals surface area contributed by atoms with Crippen LogP contribution in [0.5, 0.6) is 5.75 Å². The molecule has 0 amide bonds. The van der Waals surface area contributed by atoms with Crippen LogP contribution in [0.25, 0.3) is 0 Å². The number of nitrogens with one attached hydrogen (secondary N) is 1. The van der Waals surface area contributed by atoms with Gasteiger partial charge >= 0.3 is 5.69 Å². The molecular formula is C13H20N2O5S. The van der Waals surface area contributed by atoms with E-state index in [2.05, 4.69) is 5.32 Å². The Kier molecular flexibility index (Phi) is 5.95. The quantitative estimate of drug-likeness (QED) is 0.583. The van der Waals surface area contributed by atoms with E-state index in [1.165, 1.54) is 18.2 Å². The first-order chi connectivity index (χ1) is 9.73. The lowest BCUT2D eigenvalue weighted by atomic mass is 10.2. The molecule has 0 aliphatic carbocycles. The molecule has 0 saturated carbocycles. The molecule has 0 spiro atoms. The molecule has 0 saturated heterocycles. The molecule has 1 aromatic rings. The zero-order chi connectivity index (χ0) is 16.0. The molecule has 1 aromatic carbocycles. The van der Waals surface area contributed by atoms with Crippen LogP contribution in [0.2, 0.25) is 0 Å². The number of anilines is 1. The predicted octanol–water partition coefficient (Wildman–Crippen LogP) is 2.23. The first-order valence-electron chi connectivity index (χ1n) is 6.58. The number of rotatable bonds is 8. The van der Waals surface area contributed by atoms with Gasteiger partial charge in [0, 0.05) is 30.1 Å². The number of benzene rings is 1. The zero-order valence-electron chi connectivity index (χ0n) is 12.3. The van der Waals surface area contributed by atoms with Crippen LogP contribution in [-0.4, -0.2) is 38.0 Å². The summed E-state index contributed by atoms with van der Waals surface area (Å²) in [5.41, 5.74) is 0.479. The van der Waals surface area contributed by atoms with Crippen LogP contribution in [0.4, 0.5) is 11.4 Å². The first kappa shape index (κ1) is 17.2. The van der Waals surface area contributed by atoms with Crippen LogP contribution in [0.3, 0.4) is 0 Å². The first-order valence-corrected chi connectivity index (χ1v) is 8.64. The minimum atomic E-state index is -3.09. The van der Waals surface area contributed by atoms with E-state index in [-0.39, 0.29) is 23.2 Å². The van der Waals surface area contributed by atoms with Crippen LogP contribution < -0.4 is 10.1 Å². The smallest absolute Gasteiger partial charge is 0.311 e. The highest BCUT2D eigenvalue weighted by atomic mass is 32.2. The summed E-state index contributed by atoms with van der Waals surface area (Å²) in [6, 6.07) is 4.10. The topological polar surface area (TPSA) is 98.5 Å². The minimum Gasteiger partial charge on any atom is -0.487 e. The van der Waals surface area contributed by atoms with Gasteiger partial charge in [0.2, 0.25) is 0 Å². The second-order valence-corrected chi connectivity index (χ2v) is 7.11. The lowest BCUT2D eigenvalue weighted by Gasteiger charge is -2.15. The molecule has 118 valence electrons. The van der Waals surface area contributed by atoms with Crippen LogP contribution >= 0.6 is 0 Å². The largest absolute Gasteiger partial charge is 0.487 e. The van der Waals surface area contributed by atoms with Crippen molar-refractivity contribution in [2.75, 3.05) is 23.9 Å². The van der Waals surface area contributed by atoms with Gasteiger partial charge in [-0.15, -0.1) is 0 Å². The molecule has 1 N–H and O–H groups in total. The second-order valence-electron chi connectivity index (χ2n) is 4.93. The molecule has 1 atom stereocenters. The van der Waals surface area contributed by atoms with Crippen molar-refractivity contribution in [3.05, 3.63) is 28.3 Å². The number of ether oxygens (including phenoxy) is 1. The molecule has 0 radical (unpaired) electrons. The molecule has 7 nitrogen and oxygen atoms in total. The van der Waals surface area contributed by atoms with E-state index < -0.39 is 14.8 Å². The Balaban J connectivity index is 2.91. The molecular weight excluding hydrogens is 296 g/mol. The Morgan fingerprint density at radius 3 is 2.62 bits per heavy atom. The molecule has 1 rings (SSSR count). The highest BCUT2D eigenvalue weighted by Crippen LogP contribution is 2.30. The van der Waals surface area contributed by atoms with Crippen molar-refractivity contribution >= 4 is 21.2 Å². The molecule has 0 heterocycles. The third kappa shape index (κ3) is 5.99. The van der Waals surface area contributed by atoms with Crippen LogP contribution in [0, 0.1) is 10.1 Å². The van der Waals surface area contributed by atoms with E-state index in [9.17, 15) is 18.5 Å². The second kappa shape index (κ2) is 7.26. The molecule has 0 aliphatic heterocycles. The van der Waals surface area contributed by atoms with Crippen molar-refractivity contribution in [1.82, 2.24) is 0 Å². The van der Waals surface area contributed by atoms with Crippen molar-refractivity contribution in [2.45, 2.75) is 26.3 Å². The Morgan fingerprint density at radius 2 is 2.10 bits per heavy atom. The average molecular weight is 316 g/mol. The number of nitro benzene ring substituents is 1. The lowest BCUT2D eigenvalue weighted by Crippen LogP contribution is -2.25. The predicted molar refractivity (Wildman–Crippen MR) is 81.7 cm³/mol. The van der Waals surface area contributed by atoms with E-state index in [0.29, 0.717) is 12.3 Å². The fourth-order valence-corrected chi connectivity index (χ4v) is 2.85. The third-order valence-corrected chi connectivity index (χ3v) is 3.69. The van der Waals surface area contributed by atoms with Crippen LogP contribution in [0.15, 0.2) is 18.2 Å². The number of nitrogens with zero attached hydrogens (tertiary/aromatic N) is 1. The third-order valence-electron chi connectivity index (χ3n) is 2.58. The zero-order valence-corrected chi connectivity index (χ0v) is 13.1. The fraction of sp³-hybridized carbons (Fsp3) is 0.538. The van der Waals surface area contributed by atoms with E-state index in [0.717, 1.165) is 12.7 Å². The summed E-state index contributed by atoms with van der Waals surface area (Å²) in [5.74, 6) is 0.160. The van der Waals surface area contributed by atoms with Crippen LogP contribution in [0.1, 0.15) is 20.3 Å². The van der Waals surface area contributed by atoms with E-state index in [1.807, 2.05) is 6.92 Å². The minimum absolute atomic E-state index is 0.0187. The maximum Gasteiger partial charge on any atom is 0.311 e. The monoisotopic (exact) mass is 316 g/mol. The van der Waals surface area contributed by atoms with Gasteiger partial charge in [-0.25, -0.2) is 8.42 Å². The molecule has 0 aliphatic rings. The van der Waals surface area contributed by atoms with E-state index in [1.54, 1.807) is 6.92 Å². The summed E-state index contributed by atoms with van der Waals surface area (Å²) in [4.78, 5) is 10.4. The van der Waals surface area contributed by atoms with Gasteiger partial charge in [0.05, 0.1) is 17.3 Å². The van der Waals surface area contributed by atoms with Gasteiger partial charge in [-0.3, -0.25) is 10.1 Å². The van der Waals surface area contributed by atoms with Crippen molar-refractivity contribution in [2.24, 2.45) is 0 Å². The normalized spacial score (nSPS) is 12.7. The summed E-state index contributed by atoms with van der Waals surface area (Å²) in [6.07, 6.45) is 1.90. The Labute approximate surface area is 124 Å². The highest BCUT2D eigenvalue weighted by molar-refractivity contribution is 7.90. The molecule has 0 aromatic heterocycles. The molecule has 8 heteroatoms. The average Bonchev–Trinajstić information content (AvgIpc) is 2.33. The van der Waals surface area contributed by atoms with Gasteiger partial charge in [0.1, 0.15) is 9.84 Å². The molecule has 1 unspecified atom stereocenters. The lowest BCUT2D eigenvalue weighted by molar-refractivity contribution is -0.385. The van der Waals surface area contributed by atoms with E-state index >= 15 is 0 Å². The summed E-state index contributed by atoms with van der Waals surface area (Å²) in [5, 5.41) is 13.9. The van der Waals surface area contributed by atoms with Crippen molar-refractivity contribution < 1.29 is 18.1 Å². The van der Waals surface area contributed by atoms with Gasteiger partial charge in [0.25, 0.3) is 0 Å². The van der Waals surface area contributed by atoms with Crippen molar-refractivity contribution in [1.29, 1.82) is 0 Å². The molecule has 21 heavy (non-hydrogen) atoms. The van der Waals surface area contributed by atoms with Gasteiger partial charge < -0.3 is 10.1 Å². The molecule has 0 bridgehead atoms. The van der Waals surface area contributed by atoms with Crippen molar-refractivity contribution in [3.63, 3.8) is 0 Å². The Hall–Kier alpha value is -1.83. The molecule has 0 fully saturated rings. The van der Waals surface area contributed by atoms with Gasteiger partial charge in [-0.1, -0.05) is 6.92 Å². The number of hydrogen-bond donors (Lipinski definition) is 1. The van der Waals surface area contributed by atoms with Crippen molar-refractivity contribution in [3.8, 4) is 5.75 Å². The van der Waals surface area contributed by atoms with Gasteiger partial charge in [-0.05, 0) is 19.4 Å².